The van der Waals surface area contributed by atoms with Crippen molar-refractivity contribution in [1.29, 1.82) is 0 Å². The van der Waals surface area contributed by atoms with Crippen molar-refractivity contribution in [1.82, 2.24) is 14.7 Å². The lowest BCUT2D eigenvalue weighted by Crippen LogP contribution is -2.39. The number of aliphatic hydroxyl groups excluding tert-OH is 1. The Morgan fingerprint density at radius 3 is 2.59 bits per heavy atom. The summed E-state index contributed by atoms with van der Waals surface area (Å²) in [6.07, 6.45) is 2.17. The maximum atomic E-state index is 14.7. The number of hydrogen-bond acceptors (Lipinski definition) is 6. The summed E-state index contributed by atoms with van der Waals surface area (Å²) in [5.41, 5.74) is 2.55. The average Bonchev–Trinajstić information content (AvgIpc) is 3.52. The van der Waals surface area contributed by atoms with Crippen LogP contribution in [0.3, 0.4) is 0 Å². The molecular formula is C29H38FN3O4. The average molecular weight is 512 g/mol. The van der Waals surface area contributed by atoms with Gasteiger partial charge in [-0.3, -0.25) is 4.90 Å². The summed E-state index contributed by atoms with van der Waals surface area (Å²) in [5.74, 6) is 0.169. The van der Waals surface area contributed by atoms with Crippen molar-refractivity contribution < 1.29 is 23.7 Å². The van der Waals surface area contributed by atoms with Crippen LogP contribution in [0.15, 0.2) is 54.6 Å². The molecule has 0 saturated carbocycles. The molecule has 2 aromatic carbocycles. The SMILES string of the molecule is CCc1nn(-c2ccccc2)c(Oc2ccccc2F)c1CN(C[C@@H](O)COC(C)C)C[C@H]1CCCO1. The molecule has 1 fully saturated rings. The van der Waals surface area contributed by atoms with E-state index in [0.29, 0.717) is 31.9 Å². The number of ether oxygens (including phenoxy) is 3. The summed E-state index contributed by atoms with van der Waals surface area (Å²) in [7, 11) is 0. The number of aryl methyl sites for hydroxylation is 1. The van der Waals surface area contributed by atoms with Gasteiger partial charge >= 0.3 is 0 Å². The number of halogens is 1. The lowest BCUT2D eigenvalue weighted by Gasteiger charge is -2.28. The predicted octanol–water partition coefficient (Wildman–Crippen LogP) is 5.13. The third kappa shape index (κ3) is 7.38. The molecular weight excluding hydrogens is 473 g/mol. The molecule has 1 aliphatic heterocycles. The van der Waals surface area contributed by atoms with Gasteiger partial charge in [0, 0.05) is 26.2 Å². The van der Waals surface area contributed by atoms with Crippen molar-refractivity contribution >= 4 is 0 Å². The van der Waals surface area contributed by atoms with Crippen LogP contribution in [0.25, 0.3) is 5.69 Å². The number of aromatic nitrogens is 2. The molecule has 1 saturated heterocycles. The molecule has 1 aliphatic rings. The van der Waals surface area contributed by atoms with E-state index in [9.17, 15) is 9.50 Å². The number of rotatable bonds is 13. The molecule has 0 aliphatic carbocycles. The molecule has 0 unspecified atom stereocenters. The van der Waals surface area contributed by atoms with Crippen LogP contribution < -0.4 is 4.74 Å². The molecule has 7 nitrogen and oxygen atoms in total. The van der Waals surface area contributed by atoms with E-state index in [-0.39, 0.29) is 24.6 Å². The molecule has 8 heteroatoms. The Hall–Kier alpha value is -2.78. The first-order chi connectivity index (χ1) is 17.9. The Balaban J connectivity index is 1.69. The Morgan fingerprint density at radius 1 is 1.16 bits per heavy atom. The summed E-state index contributed by atoms with van der Waals surface area (Å²) >= 11 is 0. The molecule has 0 radical (unpaired) electrons. The highest BCUT2D eigenvalue weighted by Crippen LogP contribution is 2.33. The maximum absolute atomic E-state index is 14.7. The van der Waals surface area contributed by atoms with Gasteiger partial charge in [0.2, 0.25) is 5.88 Å². The lowest BCUT2D eigenvalue weighted by molar-refractivity contribution is -0.0173. The van der Waals surface area contributed by atoms with Gasteiger partial charge in [0.15, 0.2) is 11.6 Å². The van der Waals surface area contributed by atoms with Gasteiger partial charge in [0.1, 0.15) is 0 Å². The fourth-order valence-corrected chi connectivity index (χ4v) is 4.56. The van der Waals surface area contributed by atoms with Crippen molar-refractivity contribution in [2.75, 3.05) is 26.3 Å². The van der Waals surface area contributed by atoms with Crippen LogP contribution >= 0.6 is 0 Å². The first-order valence-electron chi connectivity index (χ1n) is 13.2. The van der Waals surface area contributed by atoms with Crippen molar-refractivity contribution in [3.63, 3.8) is 0 Å². The maximum Gasteiger partial charge on any atom is 0.227 e. The van der Waals surface area contributed by atoms with Crippen molar-refractivity contribution in [2.24, 2.45) is 0 Å². The fourth-order valence-electron chi connectivity index (χ4n) is 4.56. The van der Waals surface area contributed by atoms with Crippen molar-refractivity contribution in [2.45, 2.75) is 64.9 Å². The zero-order valence-electron chi connectivity index (χ0n) is 22.0. The van der Waals surface area contributed by atoms with E-state index in [4.69, 9.17) is 19.3 Å². The second kappa shape index (κ2) is 13.1. The normalized spacial score (nSPS) is 16.6. The first kappa shape index (κ1) is 27.3. The van der Waals surface area contributed by atoms with E-state index < -0.39 is 11.9 Å². The number of para-hydroxylation sites is 2. The summed E-state index contributed by atoms with van der Waals surface area (Å²) in [6.45, 7) is 8.50. The topological polar surface area (TPSA) is 69.0 Å². The smallest absolute Gasteiger partial charge is 0.227 e. The lowest BCUT2D eigenvalue weighted by atomic mass is 10.1. The number of aliphatic hydroxyl groups is 1. The van der Waals surface area contributed by atoms with Gasteiger partial charge in [-0.05, 0) is 57.4 Å². The van der Waals surface area contributed by atoms with E-state index in [0.717, 1.165) is 36.4 Å². The summed E-state index contributed by atoms with van der Waals surface area (Å²) in [5, 5.41) is 15.6. The molecule has 37 heavy (non-hydrogen) atoms. The van der Waals surface area contributed by atoms with Crippen LogP contribution in [0.5, 0.6) is 11.6 Å². The van der Waals surface area contributed by atoms with Crippen LogP contribution in [0, 0.1) is 5.82 Å². The van der Waals surface area contributed by atoms with Gasteiger partial charge in [0.25, 0.3) is 0 Å². The molecule has 0 spiro atoms. The quantitative estimate of drug-likeness (QED) is 0.343. The van der Waals surface area contributed by atoms with E-state index in [1.54, 1.807) is 22.9 Å². The third-order valence-corrected chi connectivity index (χ3v) is 6.36. The van der Waals surface area contributed by atoms with Gasteiger partial charge in [-0.1, -0.05) is 37.3 Å². The fraction of sp³-hybridized carbons (Fsp3) is 0.483. The van der Waals surface area contributed by atoms with E-state index in [1.807, 2.05) is 51.1 Å². The Bertz CT molecular complexity index is 1120. The summed E-state index contributed by atoms with van der Waals surface area (Å²) in [4.78, 5) is 2.17. The van der Waals surface area contributed by atoms with Crippen molar-refractivity contribution in [3.05, 3.63) is 71.7 Å². The Kier molecular flexibility index (Phi) is 9.68. The second-order valence-corrected chi connectivity index (χ2v) is 9.73. The van der Waals surface area contributed by atoms with Gasteiger partial charge < -0.3 is 19.3 Å². The summed E-state index contributed by atoms with van der Waals surface area (Å²) in [6, 6.07) is 16.1. The first-order valence-corrected chi connectivity index (χ1v) is 13.2. The zero-order chi connectivity index (χ0) is 26.2. The standard InChI is InChI=1S/C29H38FN3O4/c1-4-27-25(19-32(18-24-13-10-16-35-24)17-23(34)20-36-21(2)3)29(37-28-15-9-8-14-26(28)30)33(31-27)22-11-6-5-7-12-22/h5-9,11-12,14-15,21,23-24,34H,4,10,13,16-20H2,1-3H3/t23-,24-/m1/s1. The van der Waals surface area contributed by atoms with Crippen LogP contribution in [0.4, 0.5) is 4.39 Å². The highest BCUT2D eigenvalue weighted by molar-refractivity contribution is 5.44. The van der Waals surface area contributed by atoms with Gasteiger partial charge in [-0.15, -0.1) is 0 Å². The van der Waals surface area contributed by atoms with Gasteiger partial charge in [-0.2, -0.15) is 5.10 Å². The molecule has 1 N–H and O–H groups in total. The number of benzene rings is 2. The summed E-state index contributed by atoms with van der Waals surface area (Å²) < 4.78 is 34.2. The highest BCUT2D eigenvalue weighted by atomic mass is 19.1. The van der Waals surface area contributed by atoms with Crippen LogP contribution in [0.2, 0.25) is 0 Å². The minimum Gasteiger partial charge on any atom is -0.435 e. The van der Waals surface area contributed by atoms with Gasteiger partial charge in [0.05, 0.1) is 41.9 Å². The molecule has 2 atom stereocenters. The molecule has 4 rings (SSSR count). The van der Waals surface area contributed by atoms with Crippen LogP contribution in [0.1, 0.15) is 44.9 Å². The molecule has 200 valence electrons. The van der Waals surface area contributed by atoms with Crippen LogP contribution in [-0.2, 0) is 22.4 Å². The minimum absolute atomic E-state index is 0.0397. The van der Waals surface area contributed by atoms with E-state index in [2.05, 4.69) is 4.90 Å². The molecule has 2 heterocycles. The monoisotopic (exact) mass is 511 g/mol. The molecule has 1 aromatic heterocycles. The number of hydrogen-bond donors (Lipinski definition) is 1. The molecule has 0 bridgehead atoms. The van der Waals surface area contributed by atoms with E-state index in [1.165, 1.54) is 6.07 Å². The number of nitrogens with zero attached hydrogens (tertiary/aromatic N) is 3. The highest BCUT2D eigenvalue weighted by Gasteiger charge is 2.27. The largest absolute Gasteiger partial charge is 0.435 e. The van der Waals surface area contributed by atoms with E-state index >= 15 is 0 Å². The minimum atomic E-state index is -0.658. The van der Waals surface area contributed by atoms with Crippen molar-refractivity contribution in [3.8, 4) is 17.3 Å². The van der Waals surface area contributed by atoms with Gasteiger partial charge in [-0.25, -0.2) is 9.07 Å². The van der Waals surface area contributed by atoms with Crippen LogP contribution in [-0.4, -0.2) is 64.4 Å². The third-order valence-electron chi connectivity index (χ3n) is 6.36. The molecule has 0 amide bonds. The second-order valence-electron chi connectivity index (χ2n) is 9.73. The Labute approximate surface area is 218 Å². The predicted molar refractivity (Wildman–Crippen MR) is 141 cm³/mol. The Morgan fingerprint density at radius 2 is 1.92 bits per heavy atom. The molecule has 3 aromatic rings. The zero-order valence-corrected chi connectivity index (χ0v) is 22.0.